The summed E-state index contributed by atoms with van der Waals surface area (Å²) >= 11 is 0. The maximum Gasteiger partial charge on any atom is 0.289 e. The van der Waals surface area contributed by atoms with Crippen molar-refractivity contribution in [2.75, 3.05) is 38.1 Å². The molecule has 4 rings (SSSR count). The first-order chi connectivity index (χ1) is 13.1. The molecule has 7 heteroatoms. The second-order valence-electron chi connectivity index (χ2n) is 7.20. The highest BCUT2D eigenvalue weighted by molar-refractivity contribution is 5.96. The number of imidazole rings is 1. The van der Waals surface area contributed by atoms with E-state index in [2.05, 4.69) is 39.5 Å². The van der Waals surface area contributed by atoms with Crippen LogP contribution in [0, 0.1) is 0 Å². The number of para-hydroxylation sites is 1. The van der Waals surface area contributed by atoms with E-state index >= 15 is 0 Å². The molecule has 0 saturated heterocycles. The van der Waals surface area contributed by atoms with E-state index in [1.54, 1.807) is 22.7 Å². The van der Waals surface area contributed by atoms with Crippen LogP contribution in [0.2, 0.25) is 0 Å². The first-order valence-corrected chi connectivity index (χ1v) is 9.57. The maximum atomic E-state index is 12.4. The minimum Gasteiger partial charge on any atom is -0.371 e. The Balaban J connectivity index is 1.30. The van der Waals surface area contributed by atoms with Gasteiger partial charge in [-0.15, -0.1) is 0 Å². The number of rotatable bonds is 5. The van der Waals surface area contributed by atoms with Crippen molar-refractivity contribution in [1.29, 1.82) is 0 Å². The lowest BCUT2D eigenvalue weighted by atomic mass is 10.0. The van der Waals surface area contributed by atoms with E-state index in [9.17, 15) is 9.59 Å². The third-order valence-corrected chi connectivity index (χ3v) is 5.32. The standard InChI is InChI=1S/C20H25N5O2/c1-23-12-13-25-14-16(22-18(25)20(23)27)19(26)21-9-5-11-24-10-4-7-15-6-2-3-8-17(15)24/h2-3,6,8,14H,4-5,7,9-13H2,1H3,(H,21,26). The molecule has 1 N–H and O–H groups in total. The topological polar surface area (TPSA) is 70.5 Å². The minimum atomic E-state index is -0.216. The van der Waals surface area contributed by atoms with E-state index in [1.807, 2.05) is 0 Å². The van der Waals surface area contributed by atoms with Crippen LogP contribution in [-0.4, -0.2) is 59.5 Å². The Morgan fingerprint density at radius 3 is 2.96 bits per heavy atom. The fraction of sp³-hybridized carbons (Fsp3) is 0.450. The Labute approximate surface area is 159 Å². The van der Waals surface area contributed by atoms with Gasteiger partial charge in [0.25, 0.3) is 11.8 Å². The molecule has 2 aromatic rings. The number of amides is 2. The van der Waals surface area contributed by atoms with Crippen LogP contribution in [-0.2, 0) is 13.0 Å². The van der Waals surface area contributed by atoms with Gasteiger partial charge in [0.05, 0.1) is 0 Å². The number of aryl methyl sites for hydroxylation is 1. The van der Waals surface area contributed by atoms with Crippen LogP contribution < -0.4 is 10.2 Å². The maximum absolute atomic E-state index is 12.4. The molecule has 0 atom stereocenters. The molecule has 7 nitrogen and oxygen atoms in total. The summed E-state index contributed by atoms with van der Waals surface area (Å²) in [5.74, 6) is -0.00529. The molecular weight excluding hydrogens is 342 g/mol. The zero-order valence-corrected chi connectivity index (χ0v) is 15.6. The highest BCUT2D eigenvalue weighted by Gasteiger charge is 2.25. The summed E-state index contributed by atoms with van der Waals surface area (Å²) in [4.78, 5) is 32.7. The van der Waals surface area contributed by atoms with Gasteiger partial charge in [-0.05, 0) is 30.9 Å². The SMILES string of the molecule is CN1CCn2cc(C(=O)NCCCN3CCCc4ccccc43)nc2C1=O. The number of aromatic nitrogens is 2. The minimum absolute atomic E-state index is 0.135. The Morgan fingerprint density at radius 1 is 1.22 bits per heavy atom. The number of benzene rings is 1. The van der Waals surface area contributed by atoms with E-state index in [0.29, 0.717) is 31.2 Å². The predicted molar refractivity (Wildman–Crippen MR) is 103 cm³/mol. The zero-order valence-electron chi connectivity index (χ0n) is 15.6. The van der Waals surface area contributed by atoms with Gasteiger partial charge in [0.1, 0.15) is 5.69 Å². The summed E-state index contributed by atoms with van der Waals surface area (Å²) in [5, 5.41) is 2.93. The Hall–Kier alpha value is -2.83. The van der Waals surface area contributed by atoms with Crippen molar-refractivity contribution in [3.8, 4) is 0 Å². The van der Waals surface area contributed by atoms with Gasteiger partial charge in [0.15, 0.2) is 5.82 Å². The highest BCUT2D eigenvalue weighted by atomic mass is 16.2. The number of hydrogen-bond donors (Lipinski definition) is 1. The van der Waals surface area contributed by atoms with Gasteiger partial charge in [-0.25, -0.2) is 4.98 Å². The third kappa shape index (κ3) is 3.54. The molecule has 0 unspecified atom stereocenters. The summed E-state index contributed by atoms with van der Waals surface area (Å²) in [5.41, 5.74) is 3.04. The van der Waals surface area contributed by atoms with Crippen molar-refractivity contribution < 1.29 is 9.59 Å². The van der Waals surface area contributed by atoms with Gasteiger partial charge < -0.3 is 19.7 Å². The van der Waals surface area contributed by atoms with E-state index in [0.717, 1.165) is 25.9 Å². The smallest absolute Gasteiger partial charge is 0.289 e. The van der Waals surface area contributed by atoms with Gasteiger partial charge in [-0.1, -0.05) is 18.2 Å². The number of likely N-dealkylation sites (N-methyl/N-ethyl adjacent to an activating group) is 1. The first-order valence-electron chi connectivity index (χ1n) is 9.57. The zero-order chi connectivity index (χ0) is 18.8. The fourth-order valence-electron chi connectivity index (χ4n) is 3.80. The van der Waals surface area contributed by atoms with E-state index in [-0.39, 0.29) is 11.8 Å². The largest absolute Gasteiger partial charge is 0.371 e. The number of hydrogen-bond acceptors (Lipinski definition) is 4. The van der Waals surface area contributed by atoms with Crippen molar-refractivity contribution in [3.05, 3.63) is 47.5 Å². The van der Waals surface area contributed by atoms with Crippen molar-refractivity contribution in [1.82, 2.24) is 19.8 Å². The monoisotopic (exact) mass is 367 g/mol. The Kier molecular flexibility index (Phi) is 4.83. The summed E-state index contributed by atoms with van der Waals surface area (Å²) in [6.45, 7) is 3.88. The van der Waals surface area contributed by atoms with Crippen LogP contribution in [0.4, 0.5) is 5.69 Å². The number of nitrogens with zero attached hydrogens (tertiary/aromatic N) is 4. The van der Waals surface area contributed by atoms with Gasteiger partial charge in [-0.3, -0.25) is 9.59 Å². The second-order valence-corrected chi connectivity index (χ2v) is 7.20. The number of nitrogens with one attached hydrogen (secondary N) is 1. The van der Waals surface area contributed by atoms with E-state index in [4.69, 9.17) is 0 Å². The van der Waals surface area contributed by atoms with Gasteiger partial charge in [-0.2, -0.15) is 0 Å². The van der Waals surface area contributed by atoms with Crippen LogP contribution in [0.3, 0.4) is 0 Å². The molecule has 3 heterocycles. The van der Waals surface area contributed by atoms with Crippen LogP contribution in [0.25, 0.3) is 0 Å². The van der Waals surface area contributed by atoms with Crippen LogP contribution in [0.5, 0.6) is 0 Å². The predicted octanol–water partition coefficient (Wildman–Crippen LogP) is 1.54. The normalized spacial score (nSPS) is 16.1. The molecule has 0 aliphatic carbocycles. The quantitative estimate of drug-likeness (QED) is 0.814. The Morgan fingerprint density at radius 2 is 2.07 bits per heavy atom. The molecule has 2 aliphatic heterocycles. The van der Waals surface area contributed by atoms with Gasteiger partial charge >= 0.3 is 0 Å². The van der Waals surface area contributed by atoms with Crippen molar-refractivity contribution in [2.24, 2.45) is 0 Å². The molecule has 2 aliphatic rings. The van der Waals surface area contributed by atoms with E-state index in [1.165, 1.54) is 17.7 Å². The summed E-state index contributed by atoms with van der Waals surface area (Å²) in [7, 11) is 1.75. The summed E-state index contributed by atoms with van der Waals surface area (Å²) in [6.07, 6.45) is 4.86. The molecule has 0 spiro atoms. The number of anilines is 1. The Bertz CT molecular complexity index is 860. The molecular formula is C20H25N5O2. The molecule has 1 aromatic carbocycles. The molecule has 0 bridgehead atoms. The lowest BCUT2D eigenvalue weighted by molar-refractivity contribution is 0.0741. The average molecular weight is 367 g/mol. The van der Waals surface area contributed by atoms with Crippen LogP contribution in [0.15, 0.2) is 30.5 Å². The lowest BCUT2D eigenvalue weighted by Crippen LogP contribution is -2.37. The van der Waals surface area contributed by atoms with Crippen molar-refractivity contribution in [3.63, 3.8) is 0 Å². The van der Waals surface area contributed by atoms with E-state index < -0.39 is 0 Å². The highest BCUT2D eigenvalue weighted by Crippen LogP contribution is 2.26. The second kappa shape index (κ2) is 7.42. The molecule has 0 saturated carbocycles. The van der Waals surface area contributed by atoms with Crippen LogP contribution in [0.1, 0.15) is 39.5 Å². The average Bonchev–Trinajstić information content (AvgIpc) is 3.13. The van der Waals surface area contributed by atoms with Gasteiger partial charge in [0, 0.05) is 51.7 Å². The summed E-state index contributed by atoms with van der Waals surface area (Å²) in [6, 6.07) is 8.55. The molecule has 0 fully saturated rings. The van der Waals surface area contributed by atoms with Crippen molar-refractivity contribution >= 4 is 17.5 Å². The first kappa shape index (κ1) is 17.6. The fourth-order valence-corrected chi connectivity index (χ4v) is 3.80. The lowest BCUT2D eigenvalue weighted by Gasteiger charge is -2.31. The molecule has 27 heavy (non-hydrogen) atoms. The molecule has 0 radical (unpaired) electrons. The number of fused-ring (bicyclic) bond motifs is 2. The molecule has 2 amide bonds. The summed E-state index contributed by atoms with van der Waals surface area (Å²) < 4.78 is 1.77. The third-order valence-electron chi connectivity index (χ3n) is 5.32. The molecule has 1 aromatic heterocycles. The number of carbonyl (C=O) groups excluding carboxylic acids is 2. The van der Waals surface area contributed by atoms with Crippen molar-refractivity contribution in [2.45, 2.75) is 25.8 Å². The number of carbonyl (C=O) groups is 2. The van der Waals surface area contributed by atoms with Crippen LogP contribution >= 0.6 is 0 Å². The van der Waals surface area contributed by atoms with Gasteiger partial charge in [0.2, 0.25) is 0 Å². The molecule has 142 valence electrons.